The van der Waals surface area contributed by atoms with Crippen LogP contribution in [0, 0.1) is 0 Å². The third-order valence-corrected chi connectivity index (χ3v) is 4.32. The van der Waals surface area contributed by atoms with Crippen LogP contribution in [-0.2, 0) is 24.1 Å². The summed E-state index contributed by atoms with van der Waals surface area (Å²) >= 11 is 0. The third-order valence-electron chi connectivity index (χ3n) is 4.32. The molecule has 0 fully saturated rings. The van der Waals surface area contributed by atoms with Gasteiger partial charge < -0.3 is 10.3 Å². The zero-order valence-electron chi connectivity index (χ0n) is 14.0. The lowest BCUT2D eigenvalue weighted by Gasteiger charge is -2.05. The molecule has 0 aliphatic carbocycles. The van der Waals surface area contributed by atoms with E-state index in [1.165, 1.54) is 22.0 Å². The lowest BCUT2D eigenvalue weighted by atomic mass is 10.1. The lowest BCUT2D eigenvalue weighted by Crippen LogP contribution is -2.25. The van der Waals surface area contributed by atoms with Crippen molar-refractivity contribution in [3.05, 3.63) is 65.6 Å². The maximum absolute atomic E-state index is 12.0. The van der Waals surface area contributed by atoms with Crippen molar-refractivity contribution in [1.29, 1.82) is 0 Å². The van der Waals surface area contributed by atoms with E-state index in [0.29, 0.717) is 19.4 Å². The molecule has 2 aromatic heterocycles. The summed E-state index contributed by atoms with van der Waals surface area (Å²) in [5.41, 5.74) is 4.76. The average molecular weight is 321 g/mol. The van der Waals surface area contributed by atoms with Gasteiger partial charge in [-0.25, -0.2) is 0 Å². The largest absolute Gasteiger partial charge is 0.361 e. The van der Waals surface area contributed by atoms with Crippen LogP contribution in [0.5, 0.6) is 0 Å². The Morgan fingerprint density at radius 2 is 2.04 bits per heavy atom. The molecule has 3 rings (SSSR count). The predicted octanol–water partition coefficient (Wildman–Crippen LogP) is 3.42. The monoisotopic (exact) mass is 321 g/mol. The first-order valence-electron chi connectivity index (χ1n) is 8.52. The van der Waals surface area contributed by atoms with E-state index in [1.54, 1.807) is 6.20 Å². The number of aromatic nitrogens is 2. The average Bonchev–Trinajstić information content (AvgIpc) is 3.04. The van der Waals surface area contributed by atoms with Crippen molar-refractivity contribution in [1.82, 2.24) is 15.3 Å². The normalized spacial score (nSPS) is 10.9. The second-order valence-corrected chi connectivity index (χ2v) is 5.93. The summed E-state index contributed by atoms with van der Waals surface area (Å²) in [4.78, 5) is 19.6. The summed E-state index contributed by atoms with van der Waals surface area (Å²) < 4.78 is 0. The predicted molar refractivity (Wildman–Crippen MR) is 96.9 cm³/mol. The maximum Gasteiger partial charge on any atom is 0.220 e. The molecule has 0 spiro atoms. The van der Waals surface area contributed by atoms with Crippen molar-refractivity contribution in [2.75, 3.05) is 6.54 Å². The Balaban J connectivity index is 1.50. The number of amides is 1. The van der Waals surface area contributed by atoms with E-state index in [0.717, 1.165) is 18.5 Å². The molecule has 4 heteroatoms. The standard InChI is InChI=1S/C20H23N3O/c1-2-15-6-5-8-18-16(14-23-20(15)18)11-13-22-19(24)10-9-17-7-3-4-12-21-17/h3-8,12,14,23H,2,9-11,13H2,1H3,(H,22,24). The van der Waals surface area contributed by atoms with Crippen LogP contribution in [0.1, 0.15) is 30.2 Å². The molecule has 0 unspecified atom stereocenters. The minimum Gasteiger partial charge on any atom is -0.361 e. The number of H-pyrrole nitrogens is 1. The summed E-state index contributed by atoms with van der Waals surface area (Å²) in [6, 6.07) is 12.2. The number of aryl methyl sites for hydroxylation is 2. The topological polar surface area (TPSA) is 57.8 Å². The van der Waals surface area contributed by atoms with E-state index in [9.17, 15) is 4.79 Å². The minimum atomic E-state index is 0.0785. The number of hydrogen-bond acceptors (Lipinski definition) is 2. The van der Waals surface area contributed by atoms with Gasteiger partial charge >= 0.3 is 0 Å². The Kier molecular flexibility index (Phi) is 5.26. The van der Waals surface area contributed by atoms with Gasteiger partial charge in [0.1, 0.15) is 0 Å². The van der Waals surface area contributed by atoms with Crippen LogP contribution in [0.3, 0.4) is 0 Å². The summed E-state index contributed by atoms with van der Waals surface area (Å²) in [5, 5.41) is 4.27. The first-order chi connectivity index (χ1) is 11.8. The maximum atomic E-state index is 12.0. The number of nitrogens with one attached hydrogen (secondary N) is 2. The second-order valence-electron chi connectivity index (χ2n) is 5.93. The van der Waals surface area contributed by atoms with Gasteiger partial charge in [-0.2, -0.15) is 0 Å². The Morgan fingerprint density at radius 1 is 1.12 bits per heavy atom. The molecule has 0 saturated heterocycles. The quantitative estimate of drug-likeness (QED) is 0.700. The highest BCUT2D eigenvalue weighted by atomic mass is 16.1. The third kappa shape index (κ3) is 3.82. The Hall–Kier alpha value is -2.62. The van der Waals surface area contributed by atoms with E-state index in [1.807, 2.05) is 18.2 Å². The Labute approximate surface area is 142 Å². The fraction of sp³-hybridized carbons (Fsp3) is 0.300. The molecule has 0 radical (unpaired) electrons. The molecular formula is C20H23N3O. The highest BCUT2D eigenvalue weighted by Crippen LogP contribution is 2.22. The van der Waals surface area contributed by atoms with Crippen LogP contribution in [0.2, 0.25) is 0 Å². The number of carbonyl (C=O) groups excluding carboxylic acids is 1. The number of fused-ring (bicyclic) bond motifs is 1. The molecule has 24 heavy (non-hydrogen) atoms. The molecule has 124 valence electrons. The molecule has 2 N–H and O–H groups in total. The number of para-hydroxylation sites is 1. The van der Waals surface area contributed by atoms with Crippen molar-refractivity contribution in [3.8, 4) is 0 Å². The van der Waals surface area contributed by atoms with Crippen molar-refractivity contribution in [3.63, 3.8) is 0 Å². The van der Waals surface area contributed by atoms with Crippen LogP contribution in [0.4, 0.5) is 0 Å². The smallest absolute Gasteiger partial charge is 0.220 e. The van der Waals surface area contributed by atoms with Crippen molar-refractivity contribution < 1.29 is 4.79 Å². The zero-order chi connectivity index (χ0) is 16.8. The molecule has 0 bridgehead atoms. The van der Waals surface area contributed by atoms with Crippen LogP contribution in [0.15, 0.2) is 48.8 Å². The Bertz CT molecular complexity index is 808. The molecule has 3 aromatic rings. The summed E-state index contributed by atoms with van der Waals surface area (Å²) in [6.45, 7) is 2.82. The van der Waals surface area contributed by atoms with Gasteiger partial charge in [-0.15, -0.1) is 0 Å². The van der Waals surface area contributed by atoms with Crippen LogP contribution < -0.4 is 5.32 Å². The highest BCUT2D eigenvalue weighted by molar-refractivity contribution is 5.86. The van der Waals surface area contributed by atoms with Gasteiger partial charge in [0.2, 0.25) is 5.91 Å². The van der Waals surface area contributed by atoms with Gasteiger partial charge in [-0.05, 0) is 42.5 Å². The summed E-state index contributed by atoms with van der Waals surface area (Å²) in [7, 11) is 0. The van der Waals surface area contributed by atoms with Crippen LogP contribution >= 0.6 is 0 Å². The molecule has 0 aliphatic heterocycles. The van der Waals surface area contributed by atoms with Gasteiger partial charge in [0.25, 0.3) is 0 Å². The van der Waals surface area contributed by atoms with Crippen molar-refractivity contribution in [2.45, 2.75) is 32.6 Å². The summed E-state index contributed by atoms with van der Waals surface area (Å²) in [5.74, 6) is 0.0785. The number of nitrogens with zero attached hydrogens (tertiary/aromatic N) is 1. The van der Waals surface area contributed by atoms with E-state index < -0.39 is 0 Å². The minimum absolute atomic E-state index is 0.0785. The number of pyridine rings is 1. The van der Waals surface area contributed by atoms with Gasteiger partial charge in [0.05, 0.1) is 0 Å². The molecule has 0 saturated carbocycles. The molecule has 1 aromatic carbocycles. The van der Waals surface area contributed by atoms with Crippen molar-refractivity contribution >= 4 is 16.8 Å². The van der Waals surface area contributed by atoms with Gasteiger partial charge in [0, 0.05) is 42.0 Å². The number of rotatable bonds is 7. The first-order valence-corrected chi connectivity index (χ1v) is 8.52. The van der Waals surface area contributed by atoms with Gasteiger partial charge in [-0.1, -0.05) is 31.2 Å². The second kappa shape index (κ2) is 7.77. The molecule has 1 amide bonds. The molecule has 0 atom stereocenters. The number of benzene rings is 1. The number of aromatic amines is 1. The zero-order valence-corrected chi connectivity index (χ0v) is 14.0. The van der Waals surface area contributed by atoms with E-state index >= 15 is 0 Å². The van der Waals surface area contributed by atoms with Gasteiger partial charge in [-0.3, -0.25) is 9.78 Å². The Morgan fingerprint density at radius 3 is 2.83 bits per heavy atom. The summed E-state index contributed by atoms with van der Waals surface area (Å²) in [6.07, 6.45) is 6.83. The molecule has 0 aliphatic rings. The molecular weight excluding hydrogens is 298 g/mol. The number of carbonyl (C=O) groups is 1. The molecule has 2 heterocycles. The van der Waals surface area contributed by atoms with Crippen LogP contribution in [-0.4, -0.2) is 22.4 Å². The fourth-order valence-corrected chi connectivity index (χ4v) is 2.99. The SMILES string of the molecule is CCc1cccc2c(CCNC(=O)CCc3ccccn3)c[nH]c12. The first kappa shape index (κ1) is 16.2. The van der Waals surface area contributed by atoms with E-state index in [4.69, 9.17) is 0 Å². The lowest BCUT2D eigenvalue weighted by molar-refractivity contribution is -0.121. The van der Waals surface area contributed by atoms with Crippen LogP contribution in [0.25, 0.3) is 10.9 Å². The van der Waals surface area contributed by atoms with E-state index in [2.05, 4.69) is 46.6 Å². The molecule has 4 nitrogen and oxygen atoms in total. The van der Waals surface area contributed by atoms with Gasteiger partial charge in [0.15, 0.2) is 0 Å². The van der Waals surface area contributed by atoms with E-state index in [-0.39, 0.29) is 5.91 Å². The fourth-order valence-electron chi connectivity index (χ4n) is 2.99. The van der Waals surface area contributed by atoms with Crippen molar-refractivity contribution in [2.24, 2.45) is 0 Å². The number of hydrogen-bond donors (Lipinski definition) is 2. The highest BCUT2D eigenvalue weighted by Gasteiger charge is 2.07.